The van der Waals surface area contributed by atoms with Crippen molar-refractivity contribution in [2.24, 2.45) is 0 Å². The van der Waals surface area contributed by atoms with Gasteiger partial charge in [-0.3, -0.25) is 9.88 Å². The number of piperidine rings is 1. The molecule has 128 valence electrons. The van der Waals surface area contributed by atoms with Gasteiger partial charge in [-0.2, -0.15) is 0 Å². The summed E-state index contributed by atoms with van der Waals surface area (Å²) in [7, 11) is 0. The van der Waals surface area contributed by atoms with Crippen molar-refractivity contribution in [3.05, 3.63) is 71.8 Å². The van der Waals surface area contributed by atoms with Crippen LogP contribution in [0.5, 0.6) is 0 Å². The summed E-state index contributed by atoms with van der Waals surface area (Å²) in [5.41, 5.74) is 2.39. The number of hydrogen-bond acceptors (Lipinski definition) is 5. The van der Waals surface area contributed by atoms with Crippen LogP contribution in [0.2, 0.25) is 0 Å². The van der Waals surface area contributed by atoms with Crippen LogP contribution in [0, 0.1) is 0 Å². The summed E-state index contributed by atoms with van der Waals surface area (Å²) in [6.45, 7) is 2.83. The molecule has 1 aliphatic heterocycles. The highest BCUT2D eigenvalue weighted by molar-refractivity contribution is 5.23. The number of aromatic nitrogens is 5. The van der Waals surface area contributed by atoms with E-state index in [9.17, 15) is 0 Å². The molecule has 1 aromatic carbocycles. The molecular weight excluding hydrogens is 312 g/mol. The smallest absolute Gasteiger partial charge is 0.173 e. The van der Waals surface area contributed by atoms with E-state index in [-0.39, 0.29) is 6.04 Å². The van der Waals surface area contributed by atoms with E-state index in [2.05, 4.69) is 49.7 Å². The van der Waals surface area contributed by atoms with Gasteiger partial charge in [0.2, 0.25) is 0 Å². The first-order chi connectivity index (χ1) is 12.4. The lowest BCUT2D eigenvalue weighted by molar-refractivity contribution is 0.178. The first-order valence-corrected chi connectivity index (χ1v) is 8.86. The van der Waals surface area contributed by atoms with Crippen LogP contribution >= 0.6 is 0 Å². The Hall–Kier alpha value is -2.60. The number of likely N-dealkylation sites (tertiary alicyclic amines) is 1. The molecule has 1 atom stereocenters. The van der Waals surface area contributed by atoms with Crippen LogP contribution in [-0.4, -0.2) is 43.2 Å². The molecule has 3 heterocycles. The molecular formula is C19H22N6. The molecule has 0 bridgehead atoms. The van der Waals surface area contributed by atoms with E-state index >= 15 is 0 Å². The second-order valence-corrected chi connectivity index (χ2v) is 6.46. The van der Waals surface area contributed by atoms with E-state index in [4.69, 9.17) is 0 Å². The van der Waals surface area contributed by atoms with Gasteiger partial charge < -0.3 is 0 Å². The molecule has 1 saturated heterocycles. The number of hydrogen-bond donors (Lipinski definition) is 0. The van der Waals surface area contributed by atoms with E-state index in [1.807, 2.05) is 35.3 Å². The van der Waals surface area contributed by atoms with Gasteiger partial charge in [-0.25, -0.2) is 4.68 Å². The molecule has 2 aromatic heterocycles. The van der Waals surface area contributed by atoms with Crippen molar-refractivity contribution in [1.82, 2.24) is 30.1 Å². The van der Waals surface area contributed by atoms with Crippen molar-refractivity contribution >= 4 is 0 Å². The summed E-state index contributed by atoms with van der Waals surface area (Å²) in [4.78, 5) is 6.66. The minimum absolute atomic E-state index is 0.0713. The third kappa shape index (κ3) is 3.58. The molecule has 0 amide bonds. The summed E-state index contributed by atoms with van der Waals surface area (Å²) in [5.74, 6) is 0.900. The Kier molecular flexibility index (Phi) is 4.79. The molecule has 25 heavy (non-hydrogen) atoms. The molecule has 1 aliphatic rings. The molecule has 0 radical (unpaired) electrons. The normalized spacial score (nSPS) is 16.6. The molecule has 0 aliphatic carbocycles. The Morgan fingerprint density at radius 2 is 1.68 bits per heavy atom. The summed E-state index contributed by atoms with van der Waals surface area (Å²) >= 11 is 0. The Bertz CT molecular complexity index is 780. The van der Waals surface area contributed by atoms with Crippen LogP contribution in [0.1, 0.15) is 42.3 Å². The van der Waals surface area contributed by atoms with Gasteiger partial charge in [0, 0.05) is 12.4 Å². The highest BCUT2D eigenvalue weighted by Gasteiger charge is 2.28. The standard InChI is InChI=1S/C19H22N6/c1-3-7-16(8-4-1)15-25-19(21-22-23-25)18(17-9-11-20-12-10-17)24-13-5-2-6-14-24/h1,3-4,7-12,18H,2,5-6,13-15H2/t18-/m1/s1. The van der Waals surface area contributed by atoms with Gasteiger partial charge in [0.15, 0.2) is 5.82 Å². The zero-order valence-electron chi connectivity index (χ0n) is 14.2. The highest BCUT2D eigenvalue weighted by Crippen LogP contribution is 2.29. The van der Waals surface area contributed by atoms with Crippen LogP contribution in [-0.2, 0) is 6.54 Å². The quantitative estimate of drug-likeness (QED) is 0.718. The molecule has 1 fully saturated rings. The van der Waals surface area contributed by atoms with Crippen molar-refractivity contribution in [3.63, 3.8) is 0 Å². The molecule has 0 spiro atoms. The number of rotatable bonds is 5. The van der Waals surface area contributed by atoms with Crippen LogP contribution in [0.4, 0.5) is 0 Å². The summed E-state index contributed by atoms with van der Waals surface area (Å²) in [6.07, 6.45) is 7.44. The van der Waals surface area contributed by atoms with Crippen molar-refractivity contribution in [3.8, 4) is 0 Å². The van der Waals surface area contributed by atoms with Crippen LogP contribution < -0.4 is 0 Å². The zero-order chi connectivity index (χ0) is 16.9. The van der Waals surface area contributed by atoms with Gasteiger partial charge in [0.05, 0.1) is 12.6 Å². The lowest BCUT2D eigenvalue weighted by atomic mass is 10.0. The van der Waals surface area contributed by atoms with Crippen molar-refractivity contribution in [1.29, 1.82) is 0 Å². The fraction of sp³-hybridized carbons (Fsp3) is 0.368. The van der Waals surface area contributed by atoms with Crippen LogP contribution in [0.25, 0.3) is 0 Å². The Balaban J connectivity index is 1.69. The molecule has 6 nitrogen and oxygen atoms in total. The van der Waals surface area contributed by atoms with Gasteiger partial charge in [-0.1, -0.05) is 36.8 Å². The van der Waals surface area contributed by atoms with Gasteiger partial charge in [-0.05, 0) is 59.6 Å². The lowest BCUT2D eigenvalue weighted by Crippen LogP contribution is -2.36. The van der Waals surface area contributed by atoms with Crippen LogP contribution in [0.15, 0.2) is 54.9 Å². The number of nitrogens with zero attached hydrogens (tertiary/aromatic N) is 6. The summed E-state index contributed by atoms with van der Waals surface area (Å²) in [6, 6.07) is 14.5. The highest BCUT2D eigenvalue weighted by atomic mass is 15.5. The van der Waals surface area contributed by atoms with Crippen LogP contribution in [0.3, 0.4) is 0 Å². The Morgan fingerprint density at radius 3 is 2.44 bits per heavy atom. The first kappa shape index (κ1) is 15.9. The predicted octanol–water partition coefficient (Wildman–Crippen LogP) is 2.69. The zero-order valence-corrected chi connectivity index (χ0v) is 14.2. The summed E-state index contributed by atoms with van der Waals surface area (Å²) in [5, 5.41) is 12.7. The summed E-state index contributed by atoms with van der Waals surface area (Å²) < 4.78 is 1.93. The van der Waals surface area contributed by atoms with Crippen molar-refractivity contribution in [2.75, 3.05) is 13.1 Å². The van der Waals surface area contributed by atoms with E-state index < -0.39 is 0 Å². The molecule has 0 unspecified atom stereocenters. The van der Waals surface area contributed by atoms with E-state index in [1.165, 1.54) is 30.4 Å². The predicted molar refractivity (Wildman–Crippen MR) is 94.9 cm³/mol. The third-order valence-corrected chi connectivity index (χ3v) is 4.76. The lowest BCUT2D eigenvalue weighted by Gasteiger charge is -2.33. The van der Waals surface area contributed by atoms with E-state index in [0.717, 1.165) is 18.9 Å². The number of benzene rings is 1. The van der Waals surface area contributed by atoms with E-state index in [1.54, 1.807) is 0 Å². The Labute approximate surface area is 147 Å². The first-order valence-electron chi connectivity index (χ1n) is 8.86. The average Bonchev–Trinajstić information content (AvgIpc) is 3.12. The maximum absolute atomic E-state index is 4.40. The SMILES string of the molecule is c1ccc(Cn2nnnc2[C@@H](c2ccncc2)N2CCCCC2)cc1. The maximum Gasteiger partial charge on any atom is 0.173 e. The Morgan fingerprint density at radius 1 is 0.920 bits per heavy atom. The van der Waals surface area contributed by atoms with Gasteiger partial charge >= 0.3 is 0 Å². The van der Waals surface area contributed by atoms with Crippen molar-refractivity contribution in [2.45, 2.75) is 31.8 Å². The molecule has 4 rings (SSSR count). The van der Waals surface area contributed by atoms with Gasteiger partial charge in [0.1, 0.15) is 0 Å². The minimum atomic E-state index is 0.0713. The molecule has 0 saturated carbocycles. The van der Waals surface area contributed by atoms with E-state index in [0.29, 0.717) is 6.54 Å². The largest absolute Gasteiger partial charge is 0.290 e. The fourth-order valence-electron chi connectivity index (χ4n) is 3.52. The molecule has 0 N–H and O–H groups in total. The third-order valence-electron chi connectivity index (χ3n) is 4.76. The van der Waals surface area contributed by atoms with Gasteiger partial charge in [-0.15, -0.1) is 5.10 Å². The molecule has 3 aromatic rings. The minimum Gasteiger partial charge on any atom is -0.290 e. The second-order valence-electron chi connectivity index (χ2n) is 6.46. The topological polar surface area (TPSA) is 59.7 Å². The number of pyridine rings is 1. The molecule has 6 heteroatoms. The van der Waals surface area contributed by atoms with Gasteiger partial charge in [0.25, 0.3) is 0 Å². The fourth-order valence-corrected chi connectivity index (χ4v) is 3.52. The van der Waals surface area contributed by atoms with Crippen molar-refractivity contribution < 1.29 is 0 Å². The second kappa shape index (κ2) is 7.53. The maximum atomic E-state index is 4.40. The number of tetrazole rings is 1. The average molecular weight is 334 g/mol. The monoisotopic (exact) mass is 334 g/mol.